The van der Waals surface area contributed by atoms with E-state index in [1.165, 1.54) is 6.08 Å². The molecule has 1 rings (SSSR count). The number of rotatable bonds is 4. The van der Waals surface area contributed by atoms with E-state index in [1.54, 1.807) is 36.5 Å². The number of allylic oxidation sites excluding steroid dienone is 8. The van der Waals surface area contributed by atoms with Crippen LogP contribution in [0.5, 0.6) is 0 Å². The highest BCUT2D eigenvalue weighted by Crippen LogP contribution is 2.09. The second-order valence-corrected chi connectivity index (χ2v) is 8.26. The van der Waals surface area contributed by atoms with Crippen molar-refractivity contribution < 1.29 is 34.1 Å². The van der Waals surface area contributed by atoms with Gasteiger partial charge in [-0.15, -0.1) is 0 Å². The summed E-state index contributed by atoms with van der Waals surface area (Å²) < 4.78 is 10.7. The van der Waals surface area contributed by atoms with Crippen LogP contribution >= 0.6 is 0 Å². The van der Waals surface area contributed by atoms with Gasteiger partial charge in [0.25, 0.3) is 0 Å². The standard InChI is InChI=1S/C28H38O7/c1-23-15-9-5-3-2-4-6-10-16-24(29)17-11-7-12-18-25(35-28(33)22-21-26(30)31)19-13-8-14-20-27(32)34-23/h2-4,6-8,11-14,18,20,23-25,29H,5,9-10,15-17,19,21-22H2,1H3,(H,30,31)/b3-2+,6-4+,11-7-,13-8+,18-12+,20-14-/t23-,24-,25-/m1/s1. The molecule has 0 saturated carbocycles. The minimum absolute atomic E-state index is 0.181. The average molecular weight is 487 g/mol. The molecule has 7 nitrogen and oxygen atoms in total. The van der Waals surface area contributed by atoms with E-state index in [0.717, 1.165) is 25.7 Å². The number of aliphatic hydroxyl groups excluding tert-OH is 1. The molecule has 0 aromatic rings. The van der Waals surface area contributed by atoms with Crippen molar-refractivity contribution in [3.63, 3.8) is 0 Å². The van der Waals surface area contributed by atoms with E-state index < -0.39 is 30.1 Å². The molecule has 0 saturated heterocycles. The molecule has 7 heteroatoms. The lowest BCUT2D eigenvalue weighted by molar-refractivity contribution is -0.150. The highest BCUT2D eigenvalue weighted by atomic mass is 16.5. The molecule has 0 aromatic carbocycles. The van der Waals surface area contributed by atoms with Gasteiger partial charge in [0.2, 0.25) is 0 Å². The molecule has 0 aromatic heterocycles. The van der Waals surface area contributed by atoms with E-state index in [2.05, 4.69) is 6.08 Å². The summed E-state index contributed by atoms with van der Waals surface area (Å²) in [5.74, 6) is -2.08. The van der Waals surface area contributed by atoms with Crippen LogP contribution in [0.25, 0.3) is 0 Å². The fourth-order valence-electron chi connectivity index (χ4n) is 3.11. The summed E-state index contributed by atoms with van der Waals surface area (Å²) in [6, 6.07) is 0. The molecule has 0 unspecified atom stereocenters. The molecule has 35 heavy (non-hydrogen) atoms. The summed E-state index contributed by atoms with van der Waals surface area (Å²) in [6.07, 6.45) is 24.6. The summed E-state index contributed by atoms with van der Waals surface area (Å²) in [4.78, 5) is 34.6. The maximum atomic E-state index is 11.9. The van der Waals surface area contributed by atoms with E-state index in [1.807, 2.05) is 31.2 Å². The highest BCUT2D eigenvalue weighted by Gasteiger charge is 2.12. The van der Waals surface area contributed by atoms with Crippen LogP contribution in [-0.2, 0) is 23.9 Å². The molecule has 2 N–H and O–H groups in total. The van der Waals surface area contributed by atoms with Gasteiger partial charge in [-0.2, -0.15) is 0 Å². The van der Waals surface area contributed by atoms with Crippen molar-refractivity contribution >= 4 is 17.9 Å². The molecule has 0 fully saturated rings. The predicted octanol–water partition coefficient (Wildman–Crippen LogP) is 5.14. The molecule has 0 aliphatic carbocycles. The Bertz CT molecular complexity index is 817. The fourth-order valence-corrected chi connectivity index (χ4v) is 3.11. The Morgan fingerprint density at radius 1 is 0.943 bits per heavy atom. The zero-order chi connectivity index (χ0) is 25.7. The Morgan fingerprint density at radius 3 is 2.40 bits per heavy atom. The largest absolute Gasteiger partial charge is 0.481 e. The van der Waals surface area contributed by atoms with Crippen LogP contribution in [-0.4, -0.2) is 46.4 Å². The van der Waals surface area contributed by atoms with Gasteiger partial charge in [-0.05, 0) is 51.5 Å². The lowest BCUT2D eigenvalue weighted by atomic mass is 10.1. The van der Waals surface area contributed by atoms with Crippen LogP contribution in [0, 0.1) is 0 Å². The first-order valence-electron chi connectivity index (χ1n) is 12.1. The lowest BCUT2D eigenvalue weighted by Crippen LogP contribution is -2.16. The van der Waals surface area contributed by atoms with Crippen LogP contribution in [0.2, 0.25) is 0 Å². The Labute approximate surface area is 208 Å². The van der Waals surface area contributed by atoms with Crippen molar-refractivity contribution in [1.82, 2.24) is 0 Å². The van der Waals surface area contributed by atoms with Gasteiger partial charge in [0.1, 0.15) is 6.10 Å². The number of hydrogen-bond donors (Lipinski definition) is 2. The van der Waals surface area contributed by atoms with Gasteiger partial charge in [0.15, 0.2) is 0 Å². The number of cyclic esters (lactones) is 1. The molecule has 0 spiro atoms. The van der Waals surface area contributed by atoms with Crippen LogP contribution in [0.15, 0.2) is 72.9 Å². The zero-order valence-corrected chi connectivity index (χ0v) is 20.5. The summed E-state index contributed by atoms with van der Waals surface area (Å²) >= 11 is 0. The van der Waals surface area contributed by atoms with Gasteiger partial charge < -0.3 is 19.7 Å². The molecule has 0 amide bonds. The van der Waals surface area contributed by atoms with Crippen LogP contribution in [0.1, 0.15) is 64.7 Å². The second-order valence-electron chi connectivity index (χ2n) is 8.26. The topological polar surface area (TPSA) is 110 Å². The first-order chi connectivity index (χ1) is 16.9. The van der Waals surface area contributed by atoms with Gasteiger partial charge >= 0.3 is 17.9 Å². The van der Waals surface area contributed by atoms with Crippen molar-refractivity contribution in [3.8, 4) is 0 Å². The number of aliphatic hydroxyl groups is 1. The van der Waals surface area contributed by atoms with Crippen LogP contribution < -0.4 is 0 Å². The third-order valence-corrected chi connectivity index (χ3v) is 5.00. The molecular formula is C28H38O7. The second kappa shape index (κ2) is 19.2. The van der Waals surface area contributed by atoms with E-state index in [9.17, 15) is 19.5 Å². The van der Waals surface area contributed by atoms with Gasteiger partial charge in [0.05, 0.1) is 25.0 Å². The molecule has 0 bridgehead atoms. The lowest BCUT2D eigenvalue weighted by Gasteiger charge is -2.12. The maximum absolute atomic E-state index is 11.9. The Balaban J connectivity index is 2.80. The fraction of sp³-hybridized carbons (Fsp3) is 0.464. The van der Waals surface area contributed by atoms with Gasteiger partial charge in [-0.3, -0.25) is 9.59 Å². The molecule has 1 aliphatic rings. The number of ether oxygens (including phenoxy) is 2. The van der Waals surface area contributed by atoms with Crippen LogP contribution in [0.4, 0.5) is 0 Å². The number of esters is 2. The Hall–Kier alpha value is -3.19. The molecular weight excluding hydrogens is 448 g/mol. The third-order valence-electron chi connectivity index (χ3n) is 5.00. The summed E-state index contributed by atoms with van der Waals surface area (Å²) in [5.41, 5.74) is 0. The minimum atomic E-state index is -1.06. The maximum Gasteiger partial charge on any atom is 0.331 e. The van der Waals surface area contributed by atoms with Crippen molar-refractivity contribution in [2.24, 2.45) is 0 Å². The number of carbonyl (C=O) groups excluding carboxylic acids is 2. The number of carboxylic acids is 1. The first-order valence-corrected chi connectivity index (χ1v) is 12.1. The normalized spacial score (nSPS) is 28.9. The summed E-state index contributed by atoms with van der Waals surface area (Å²) in [6.45, 7) is 1.87. The first kappa shape index (κ1) is 29.8. The molecule has 0 radical (unpaired) electrons. The monoisotopic (exact) mass is 486 g/mol. The minimum Gasteiger partial charge on any atom is -0.481 e. The molecule has 3 atom stereocenters. The third kappa shape index (κ3) is 17.9. The van der Waals surface area contributed by atoms with Gasteiger partial charge in [-0.1, -0.05) is 60.8 Å². The van der Waals surface area contributed by atoms with Gasteiger partial charge in [-0.25, -0.2) is 4.79 Å². The van der Waals surface area contributed by atoms with Crippen LogP contribution in [0.3, 0.4) is 0 Å². The zero-order valence-electron chi connectivity index (χ0n) is 20.5. The number of aliphatic carboxylic acids is 1. The SMILES string of the molecule is C[C@@H]1CCC/C=C/C=C/CC[C@@H](O)C/C=C\C=C\[C@@H](OC(=O)CCC(=O)O)C/C=C/C=C\C(=O)O1. The van der Waals surface area contributed by atoms with E-state index >= 15 is 0 Å². The van der Waals surface area contributed by atoms with E-state index in [4.69, 9.17) is 14.6 Å². The molecule has 1 aliphatic heterocycles. The average Bonchev–Trinajstić information content (AvgIpc) is 2.80. The number of carbonyl (C=O) groups is 3. The predicted molar refractivity (Wildman–Crippen MR) is 135 cm³/mol. The summed E-state index contributed by atoms with van der Waals surface area (Å²) in [7, 11) is 0. The van der Waals surface area contributed by atoms with E-state index in [0.29, 0.717) is 19.3 Å². The number of hydrogen-bond acceptors (Lipinski definition) is 6. The molecule has 192 valence electrons. The highest BCUT2D eigenvalue weighted by molar-refractivity contribution is 5.82. The Kier molecular flexibility index (Phi) is 16.3. The summed E-state index contributed by atoms with van der Waals surface area (Å²) in [5, 5.41) is 18.8. The smallest absolute Gasteiger partial charge is 0.331 e. The van der Waals surface area contributed by atoms with Crippen molar-refractivity contribution in [3.05, 3.63) is 72.9 Å². The van der Waals surface area contributed by atoms with E-state index in [-0.39, 0.29) is 18.9 Å². The van der Waals surface area contributed by atoms with Gasteiger partial charge in [0, 0.05) is 12.5 Å². The van der Waals surface area contributed by atoms with Crippen molar-refractivity contribution in [2.75, 3.05) is 0 Å². The Morgan fingerprint density at radius 2 is 1.63 bits per heavy atom. The number of carboxylic acid groups (broad SMARTS) is 1. The van der Waals surface area contributed by atoms with Crippen molar-refractivity contribution in [2.45, 2.75) is 83.0 Å². The quantitative estimate of drug-likeness (QED) is 0.530. The molecule has 1 heterocycles. The van der Waals surface area contributed by atoms with Crippen molar-refractivity contribution in [1.29, 1.82) is 0 Å².